The number of benzene rings is 1. The van der Waals surface area contributed by atoms with Crippen molar-refractivity contribution >= 4 is 37.4 Å². The molecule has 64 valence electrons. The van der Waals surface area contributed by atoms with Crippen LogP contribution in [0.3, 0.4) is 0 Å². The second kappa shape index (κ2) is 3.02. The van der Waals surface area contributed by atoms with Gasteiger partial charge in [0.25, 0.3) is 0 Å². The number of phenolic OH excluding ortho intramolecular Hbond substituents is 1. The summed E-state index contributed by atoms with van der Waals surface area (Å²) >= 11 is 4.79. The third-order valence-electron chi connectivity index (χ3n) is 1.79. The molecule has 1 aromatic heterocycles. The van der Waals surface area contributed by atoms with Crippen molar-refractivity contribution in [2.45, 2.75) is 0 Å². The zero-order chi connectivity index (χ0) is 9.42. The lowest BCUT2D eigenvalue weighted by Crippen LogP contribution is -1.75. The summed E-state index contributed by atoms with van der Waals surface area (Å²) in [6.07, 6.45) is 0. The number of aromatic hydroxyl groups is 1. The summed E-state index contributed by atoms with van der Waals surface area (Å²) in [5.41, 5.74) is 0.321. The molecule has 0 fully saturated rings. The Morgan fingerprint density at radius 1 is 1.46 bits per heavy atom. The number of fused-ring (bicyclic) bond motifs is 1. The molecule has 0 saturated heterocycles. The summed E-state index contributed by atoms with van der Waals surface area (Å²) < 4.78 is 1.71. The van der Waals surface area contributed by atoms with Crippen LogP contribution in [0.2, 0.25) is 0 Å². The van der Waals surface area contributed by atoms with Crippen LogP contribution in [0.1, 0.15) is 5.56 Å². The predicted molar refractivity (Wildman–Crippen MR) is 55.9 cm³/mol. The predicted octanol–water partition coefficient (Wildman–Crippen LogP) is 3.24. The van der Waals surface area contributed by atoms with Gasteiger partial charge in [0.05, 0.1) is 10.3 Å². The molecule has 0 unspecified atom stereocenters. The van der Waals surface area contributed by atoms with Gasteiger partial charge in [0.2, 0.25) is 0 Å². The molecule has 2 rings (SSSR count). The highest BCUT2D eigenvalue weighted by atomic mass is 79.9. The Kier molecular flexibility index (Phi) is 1.98. The molecule has 2 nitrogen and oxygen atoms in total. The van der Waals surface area contributed by atoms with E-state index in [4.69, 9.17) is 5.26 Å². The van der Waals surface area contributed by atoms with E-state index in [1.165, 1.54) is 11.3 Å². The smallest absolute Gasteiger partial charge is 0.151 e. The summed E-state index contributed by atoms with van der Waals surface area (Å²) in [6, 6.07) is 5.39. The van der Waals surface area contributed by atoms with E-state index in [0.717, 1.165) is 14.6 Å². The number of phenols is 1. The first-order chi connectivity index (χ1) is 6.24. The second-order valence-electron chi connectivity index (χ2n) is 2.53. The molecule has 1 heterocycles. The van der Waals surface area contributed by atoms with E-state index in [0.29, 0.717) is 5.56 Å². The van der Waals surface area contributed by atoms with Gasteiger partial charge in [-0.15, -0.1) is 11.3 Å². The van der Waals surface area contributed by atoms with E-state index in [1.807, 2.05) is 17.5 Å². The van der Waals surface area contributed by atoms with E-state index < -0.39 is 0 Å². The molecule has 0 saturated carbocycles. The van der Waals surface area contributed by atoms with Crippen LogP contribution < -0.4 is 0 Å². The summed E-state index contributed by atoms with van der Waals surface area (Å²) in [5.74, 6) is 0.0794. The van der Waals surface area contributed by atoms with Gasteiger partial charge in [0, 0.05) is 15.2 Å². The summed E-state index contributed by atoms with van der Waals surface area (Å²) in [4.78, 5) is 0. The summed E-state index contributed by atoms with van der Waals surface area (Å²) in [5, 5.41) is 21.1. The first kappa shape index (κ1) is 8.54. The minimum absolute atomic E-state index is 0.0794. The number of thiophene rings is 1. The zero-order valence-electron chi connectivity index (χ0n) is 6.41. The second-order valence-corrected chi connectivity index (χ2v) is 4.27. The number of hydrogen-bond acceptors (Lipinski definition) is 3. The Bertz CT molecular complexity index is 512. The van der Waals surface area contributed by atoms with Gasteiger partial charge in [0.1, 0.15) is 6.07 Å². The monoisotopic (exact) mass is 253 g/mol. The van der Waals surface area contributed by atoms with Crippen LogP contribution in [0.4, 0.5) is 0 Å². The van der Waals surface area contributed by atoms with Gasteiger partial charge in [-0.1, -0.05) is 6.07 Å². The maximum Gasteiger partial charge on any atom is 0.151 e. The van der Waals surface area contributed by atoms with Gasteiger partial charge in [-0.25, -0.2) is 0 Å². The molecule has 0 bridgehead atoms. The lowest BCUT2D eigenvalue weighted by atomic mass is 10.2. The van der Waals surface area contributed by atoms with Crippen LogP contribution in [-0.2, 0) is 0 Å². The van der Waals surface area contributed by atoms with E-state index in [9.17, 15) is 5.11 Å². The SMILES string of the molecule is N#Cc1ccc2c(Br)csc2c1O. The fourth-order valence-electron chi connectivity index (χ4n) is 1.14. The van der Waals surface area contributed by atoms with Crippen molar-refractivity contribution in [3.63, 3.8) is 0 Å². The van der Waals surface area contributed by atoms with Crippen LogP contribution in [0.15, 0.2) is 22.0 Å². The molecule has 2 aromatic rings. The molecule has 1 N–H and O–H groups in total. The standard InChI is InChI=1S/C9H4BrNOS/c10-7-4-13-9-6(7)2-1-5(3-11)8(9)12/h1-2,4,12H. The Balaban J connectivity index is 2.90. The average Bonchev–Trinajstić information content (AvgIpc) is 2.50. The van der Waals surface area contributed by atoms with Crippen LogP contribution in [-0.4, -0.2) is 5.11 Å². The van der Waals surface area contributed by atoms with E-state index >= 15 is 0 Å². The molecular formula is C9H4BrNOS. The number of nitriles is 1. The molecular weight excluding hydrogens is 250 g/mol. The van der Waals surface area contributed by atoms with Gasteiger partial charge in [-0.3, -0.25) is 0 Å². The van der Waals surface area contributed by atoms with Crippen LogP contribution in [0, 0.1) is 11.3 Å². The zero-order valence-corrected chi connectivity index (χ0v) is 8.82. The molecule has 13 heavy (non-hydrogen) atoms. The maximum absolute atomic E-state index is 9.63. The van der Waals surface area contributed by atoms with Crippen LogP contribution in [0.25, 0.3) is 10.1 Å². The van der Waals surface area contributed by atoms with Crippen molar-refractivity contribution in [1.82, 2.24) is 0 Å². The lowest BCUT2D eigenvalue weighted by Gasteiger charge is -1.96. The fraction of sp³-hybridized carbons (Fsp3) is 0. The van der Waals surface area contributed by atoms with E-state index in [1.54, 1.807) is 6.07 Å². The van der Waals surface area contributed by atoms with Gasteiger partial charge >= 0.3 is 0 Å². The summed E-state index contributed by atoms with van der Waals surface area (Å²) in [7, 11) is 0. The van der Waals surface area contributed by atoms with Gasteiger partial charge in [-0.2, -0.15) is 5.26 Å². The lowest BCUT2D eigenvalue weighted by molar-refractivity contribution is 0.481. The highest BCUT2D eigenvalue weighted by Crippen LogP contribution is 2.37. The van der Waals surface area contributed by atoms with Crippen molar-refractivity contribution in [3.05, 3.63) is 27.5 Å². The average molecular weight is 254 g/mol. The first-order valence-corrected chi connectivity index (χ1v) is 5.20. The highest BCUT2D eigenvalue weighted by molar-refractivity contribution is 9.10. The van der Waals surface area contributed by atoms with Crippen molar-refractivity contribution in [2.75, 3.05) is 0 Å². The normalized spacial score (nSPS) is 10.2. The van der Waals surface area contributed by atoms with Gasteiger partial charge in [-0.05, 0) is 22.0 Å². The Morgan fingerprint density at radius 2 is 2.23 bits per heavy atom. The highest BCUT2D eigenvalue weighted by Gasteiger charge is 2.09. The molecule has 0 aliphatic heterocycles. The number of rotatable bonds is 0. The Hall–Kier alpha value is -1.05. The molecule has 0 aliphatic rings. The molecule has 0 atom stereocenters. The topological polar surface area (TPSA) is 44.0 Å². The third-order valence-corrected chi connectivity index (χ3v) is 3.75. The minimum atomic E-state index is 0.0794. The molecule has 0 aliphatic carbocycles. The van der Waals surface area contributed by atoms with Crippen molar-refractivity contribution in [2.24, 2.45) is 0 Å². The van der Waals surface area contributed by atoms with E-state index in [2.05, 4.69) is 15.9 Å². The maximum atomic E-state index is 9.63. The molecule has 0 radical (unpaired) electrons. The Labute approximate surface area is 87.2 Å². The molecule has 1 aromatic carbocycles. The Morgan fingerprint density at radius 3 is 2.92 bits per heavy atom. The minimum Gasteiger partial charge on any atom is -0.505 e. The fourth-order valence-corrected chi connectivity index (χ4v) is 2.76. The number of hydrogen-bond donors (Lipinski definition) is 1. The number of halogens is 1. The first-order valence-electron chi connectivity index (χ1n) is 3.53. The third kappa shape index (κ3) is 1.21. The number of nitrogens with zero attached hydrogens (tertiary/aromatic N) is 1. The van der Waals surface area contributed by atoms with Gasteiger partial charge < -0.3 is 5.11 Å². The molecule has 4 heteroatoms. The van der Waals surface area contributed by atoms with Gasteiger partial charge in [0.15, 0.2) is 5.75 Å². The molecule has 0 amide bonds. The molecule has 0 spiro atoms. The summed E-state index contributed by atoms with van der Waals surface area (Å²) in [6.45, 7) is 0. The van der Waals surface area contributed by atoms with Crippen LogP contribution in [0.5, 0.6) is 5.75 Å². The van der Waals surface area contributed by atoms with Crippen molar-refractivity contribution in [1.29, 1.82) is 5.26 Å². The van der Waals surface area contributed by atoms with Crippen molar-refractivity contribution in [3.8, 4) is 11.8 Å². The van der Waals surface area contributed by atoms with E-state index in [-0.39, 0.29) is 5.75 Å². The largest absolute Gasteiger partial charge is 0.505 e. The quantitative estimate of drug-likeness (QED) is 0.784. The van der Waals surface area contributed by atoms with Crippen LogP contribution >= 0.6 is 27.3 Å². The van der Waals surface area contributed by atoms with Crippen molar-refractivity contribution < 1.29 is 5.11 Å².